The SMILES string of the molecule is C[C@@]1(O)CC[C@@]2(C)[C@H](CC[C@@H]3[C@@H]2CC[C@]2(C)[C@@H](C(=O)Cn4nnc5cc(O)ccc54)CC[C@@H]32)C1. The van der Waals surface area contributed by atoms with E-state index in [1.807, 2.05) is 6.92 Å². The predicted molar refractivity (Wildman–Crippen MR) is 130 cm³/mol. The highest BCUT2D eigenvalue weighted by atomic mass is 16.3. The van der Waals surface area contributed by atoms with Gasteiger partial charge in [-0.05, 0) is 111 Å². The zero-order chi connectivity index (χ0) is 23.9. The number of aliphatic hydroxyl groups is 1. The van der Waals surface area contributed by atoms with Crippen LogP contribution >= 0.6 is 0 Å². The van der Waals surface area contributed by atoms with Crippen LogP contribution in [0.4, 0.5) is 0 Å². The van der Waals surface area contributed by atoms with Crippen molar-refractivity contribution in [2.24, 2.45) is 40.4 Å². The van der Waals surface area contributed by atoms with E-state index < -0.39 is 5.60 Å². The first-order valence-electron chi connectivity index (χ1n) is 13.4. The van der Waals surface area contributed by atoms with Gasteiger partial charge in [-0.3, -0.25) is 4.79 Å². The average Bonchev–Trinajstić information content (AvgIpc) is 3.34. The fourth-order valence-corrected chi connectivity index (χ4v) is 9.30. The second kappa shape index (κ2) is 7.52. The molecule has 0 radical (unpaired) electrons. The first kappa shape index (κ1) is 22.5. The van der Waals surface area contributed by atoms with E-state index in [2.05, 4.69) is 24.2 Å². The lowest BCUT2D eigenvalue weighted by Crippen LogP contribution is -2.55. The van der Waals surface area contributed by atoms with Crippen molar-refractivity contribution in [2.45, 2.75) is 90.7 Å². The zero-order valence-electron chi connectivity index (χ0n) is 20.8. The maximum atomic E-state index is 13.6. The lowest BCUT2D eigenvalue weighted by molar-refractivity contribution is -0.151. The summed E-state index contributed by atoms with van der Waals surface area (Å²) < 4.78 is 1.71. The molecule has 2 N–H and O–H groups in total. The Morgan fingerprint density at radius 1 is 1.03 bits per heavy atom. The largest absolute Gasteiger partial charge is 0.508 e. The summed E-state index contributed by atoms with van der Waals surface area (Å²) in [7, 11) is 0. The van der Waals surface area contributed by atoms with Gasteiger partial charge >= 0.3 is 0 Å². The Kier molecular flexibility index (Phi) is 4.98. The van der Waals surface area contributed by atoms with E-state index in [9.17, 15) is 15.0 Å². The van der Waals surface area contributed by atoms with Crippen LogP contribution in [-0.2, 0) is 11.3 Å². The van der Waals surface area contributed by atoms with E-state index >= 15 is 0 Å². The molecule has 0 saturated heterocycles. The summed E-state index contributed by atoms with van der Waals surface area (Å²) >= 11 is 0. The zero-order valence-corrected chi connectivity index (χ0v) is 20.8. The summed E-state index contributed by atoms with van der Waals surface area (Å²) in [5.74, 6) is 3.27. The highest BCUT2D eigenvalue weighted by Gasteiger charge is 2.61. The van der Waals surface area contributed by atoms with E-state index in [1.54, 1.807) is 22.9 Å². The predicted octanol–water partition coefficient (Wildman–Crippen LogP) is 5.12. The molecule has 1 aromatic carbocycles. The third-order valence-corrected chi connectivity index (χ3v) is 11.1. The number of carbonyl (C=O) groups is 1. The minimum absolute atomic E-state index is 0.0796. The standard InChI is InChI=1S/C28H39N3O3/c1-26(34)12-13-27(2)17(15-26)4-6-19-20-7-8-22(28(20,3)11-10-21(19)27)25(33)16-31-24-9-5-18(32)14-23(24)29-30-31/h5,9,14,17,19-22,32,34H,4,6-8,10-13,15-16H2,1-3H3/t17-,19+,20+,21+,22-,26-,27+,28+/m1/s1. The number of hydrogen-bond acceptors (Lipinski definition) is 5. The maximum Gasteiger partial charge on any atom is 0.157 e. The molecule has 4 fully saturated rings. The van der Waals surface area contributed by atoms with E-state index in [4.69, 9.17) is 0 Å². The molecule has 6 rings (SSSR count). The molecule has 0 amide bonds. The van der Waals surface area contributed by atoms with Crippen molar-refractivity contribution in [3.63, 3.8) is 0 Å². The van der Waals surface area contributed by atoms with Crippen LogP contribution in [0.5, 0.6) is 5.75 Å². The number of aromatic hydroxyl groups is 1. The normalized spacial score (nSPS) is 43.8. The van der Waals surface area contributed by atoms with E-state index in [-0.39, 0.29) is 29.4 Å². The van der Waals surface area contributed by atoms with Crippen molar-refractivity contribution in [3.05, 3.63) is 18.2 Å². The third kappa shape index (κ3) is 3.27. The van der Waals surface area contributed by atoms with Gasteiger partial charge in [-0.2, -0.15) is 0 Å². The van der Waals surface area contributed by atoms with Crippen LogP contribution in [-0.4, -0.2) is 36.6 Å². The van der Waals surface area contributed by atoms with Crippen LogP contribution in [0.3, 0.4) is 0 Å². The Morgan fingerprint density at radius 2 is 1.82 bits per heavy atom. The highest BCUT2D eigenvalue weighted by Crippen LogP contribution is 2.68. The second-order valence-corrected chi connectivity index (χ2v) is 12.9. The highest BCUT2D eigenvalue weighted by molar-refractivity contribution is 5.84. The molecule has 2 aromatic rings. The Labute approximate surface area is 202 Å². The maximum absolute atomic E-state index is 13.6. The molecule has 0 aliphatic heterocycles. The van der Waals surface area contributed by atoms with Crippen molar-refractivity contribution in [1.82, 2.24) is 15.0 Å². The molecular weight excluding hydrogens is 426 g/mol. The molecule has 4 aliphatic carbocycles. The number of Topliss-reactive ketones (excluding diaryl/α,β-unsaturated/α-hetero) is 1. The number of carbonyl (C=O) groups excluding carboxylic acids is 1. The van der Waals surface area contributed by atoms with Gasteiger partial charge in [0, 0.05) is 12.0 Å². The van der Waals surface area contributed by atoms with Crippen molar-refractivity contribution in [1.29, 1.82) is 0 Å². The molecule has 8 atom stereocenters. The third-order valence-electron chi connectivity index (χ3n) is 11.1. The topological polar surface area (TPSA) is 88.2 Å². The van der Waals surface area contributed by atoms with E-state index in [0.717, 1.165) is 49.5 Å². The van der Waals surface area contributed by atoms with Crippen LogP contribution in [0.15, 0.2) is 18.2 Å². The van der Waals surface area contributed by atoms with Gasteiger partial charge in [0.25, 0.3) is 0 Å². The Hall–Kier alpha value is -1.95. The number of phenolic OH excluding ortho intramolecular Hbond substituents is 1. The Bertz CT molecular complexity index is 1130. The molecule has 0 bridgehead atoms. The molecule has 0 unspecified atom stereocenters. The van der Waals surface area contributed by atoms with E-state index in [0.29, 0.717) is 22.8 Å². The van der Waals surface area contributed by atoms with Gasteiger partial charge in [-0.1, -0.05) is 19.1 Å². The monoisotopic (exact) mass is 465 g/mol. The summed E-state index contributed by atoms with van der Waals surface area (Å²) in [6.07, 6.45) is 10.0. The fourth-order valence-electron chi connectivity index (χ4n) is 9.30. The number of benzene rings is 1. The molecule has 0 spiro atoms. The molecule has 1 aromatic heterocycles. The van der Waals surface area contributed by atoms with Crippen molar-refractivity contribution in [3.8, 4) is 5.75 Å². The van der Waals surface area contributed by atoms with Crippen LogP contribution in [0.1, 0.15) is 78.6 Å². The lowest BCUT2D eigenvalue weighted by atomic mass is 9.44. The molecule has 1 heterocycles. The first-order valence-corrected chi connectivity index (χ1v) is 13.4. The first-order chi connectivity index (χ1) is 16.1. The van der Waals surface area contributed by atoms with Gasteiger partial charge in [-0.25, -0.2) is 4.68 Å². The molecule has 184 valence electrons. The number of aromatic nitrogens is 3. The molecule has 6 nitrogen and oxygen atoms in total. The van der Waals surface area contributed by atoms with Crippen LogP contribution in [0, 0.1) is 40.4 Å². The van der Waals surface area contributed by atoms with Crippen molar-refractivity contribution in [2.75, 3.05) is 0 Å². The lowest BCUT2D eigenvalue weighted by Gasteiger charge is -2.61. The van der Waals surface area contributed by atoms with Crippen LogP contribution in [0.25, 0.3) is 11.0 Å². The number of hydrogen-bond donors (Lipinski definition) is 2. The Morgan fingerprint density at radius 3 is 2.65 bits per heavy atom. The molecule has 4 aliphatic rings. The quantitative estimate of drug-likeness (QED) is 0.657. The number of nitrogens with zero attached hydrogens (tertiary/aromatic N) is 3. The van der Waals surface area contributed by atoms with E-state index in [1.165, 1.54) is 25.7 Å². The van der Waals surface area contributed by atoms with Gasteiger partial charge < -0.3 is 10.2 Å². The second-order valence-electron chi connectivity index (χ2n) is 12.9. The fraction of sp³-hybridized carbons (Fsp3) is 0.750. The number of rotatable bonds is 3. The number of fused-ring (bicyclic) bond motifs is 6. The molecule has 4 saturated carbocycles. The summed E-state index contributed by atoms with van der Waals surface area (Å²) in [6, 6.07) is 5.02. The smallest absolute Gasteiger partial charge is 0.157 e. The molecule has 34 heavy (non-hydrogen) atoms. The summed E-state index contributed by atoms with van der Waals surface area (Å²) in [6.45, 7) is 7.22. The summed E-state index contributed by atoms with van der Waals surface area (Å²) in [5.41, 5.74) is 1.36. The minimum atomic E-state index is -0.491. The van der Waals surface area contributed by atoms with Gasteiger partial charge in [-0.15, -0.1) is 5.10 Å². The van der Waals surface area contributed by atoms with Gasteiger partial charge in [0.15, 0.2) is 5.78 Å². The van der Waals surface area contributed by atoms with Gasteiger partial charge in [0.2, 0.25) is 0 Å². The van der Waals surface area contributed by atoms with Crippen molar-refractivity contribution < 1.29 is 15.0 Å². The summed E-state index contributed by atoms with van der Waals surface area (Å²) in [5, 5.41) is 28.8. The number of phenols is 1. The van der Waals surface area contributed by atoms with Gasteiger partial charge in [0.05, 0.1) is 11.1 Å². The minimum Gasteiger partial charge on any atom is -0.508 e. The Balaban J connectivity index is 1.21. The van der Waals surface area contributed by atoms with Crippen LogP contribution < -0.4 is 0 Å². The molecule has 6 heteroatoms. The average molecular weight is 466 g/mol. The van der Waals surface area contributed by atoms with Crippen molar-refractivity contribution >= 4 is 16.8 Å². The summed E-state index contributed by atoms with van der Waals surface area (Å²) in [4.78, 5) is 13.6. The van der Waals surface area contributed by atoms with Gasteiger partial charge in [0.1, 0.15) is 17.8 Å². The van der Waals surface area contributed by atoms with Crippen LogP contribution in [0.2, 0.25) is 0 Å². The molecular formula is C28H39N3O3. The number of ketones is 1.